The van der Waals surface area contributed by atoms with Gasteiger partial charge in [-0.25, -0.2) is 0 Å². The summed E-state index contributed by atoms with van der Waals surface area (Å²) in [7, 11) is -3.92. The Hall–Kier alpha value is -0.950. The smallest absolute Gasteiger partial charge is 0.269 e. The van der Waals surface area contributed by atoms with Gasteiger partial charge in [-0.1, -0.05) is 65.5 Å². The van der Waals surface area contributed by atoms with Gasteiger partial charge in [-0.05, 0) is 54.1 Å². The second-order valence-electron chi connectivity index (χ2n) is 8.67. The van der Waals surface area contributed by atoms with Gasteiger partial charge in [0.2, 0.25) is 0 Å². The molecule has 1 aromatic heterocycles. The van der Waals surface area contributed by atoms with Crippen molar-refractivity contribution in [1.29, 1.82) is 0 Å². The molecule has 2 rings (SSSR count). The predicted octanol–water partition coefficient (Wildman–Crippen LogP) is 7.29. The van der Waals surface area contributed by atoms with E-state index in [0.29, 0.717) is 5.56 Å². The molecule has 1 aromatic carbocycles. The van der Waals surface area contributed by atoms with Gasteiger partial charge in [0.15, 0.2) is 0 Å². The van der Waals surface area contributed by atoms with Crippen LogP contribution in [0.15, 0.2) is 29.6 Å². The third-order valence-electron chi connectivity index (χ3n) is 5.81. The Bertz CT molecular complexity index is 793. The van der Waals surface area contributed by atoms with Gasteiger partial charge in [-0.15, -0.1) is 11.3 Å². The van der Waals surface area contributed by atoms with Gasteiger partial charge in [0.1, 0.15) is 5.75 Å². The van der Waals surface area contributed by atoms with Gasteiger partial charge in [-0.3, -0.25) is 4.55 Å². The molecule has 178 valence electrons. The van der Waals surface area contributed by atoms with E-state index in [9.17, 15) is 8.42 Å². The number of hydrogen-bond donors (Lipinski definition) is 1. The van der Waals surface area contributed by atoms with Crippen LogP contribution in [0.3, 0.4) is 0 Å². The molecule has 1 N–H and O–H groups in total. The zero-order valence-electron chi connectivity index (χ0n) is 20.1. The average molecular weight is 471 g/mol. The van der Waals surface area contributed by atoms with Crippen LogP contribution in [0.4, 0.5) is 0 Å². The summed E-state index contributed by atoms with van der Waals surface area (Å²) in [5, 5.41) is 3.04. The molecule has 0 spiro atoms. The second-order valence-corrected chi connectivity index (χ2v) is 11.1. The van der Waals surface area contributed by atoms with Crippen LogP contribution in [0, 0.1) is 0 Å². The number of nitrogens with zero attached hydrogens (tertiary/aromatic N) is 1. The Morgan fingerprint density at radius 1 is 0.806 bits per heavy atom. The summed E-state index contributed by atoms with van der Waals surface area (Å²) in [6.07, 6.45) is 11.1. The van der Waals surface area contributed by atoms with E-state index in [-0.39, 0.29) is 5.75 Å². The molecule has 0 radical (unpaired) electrons. The fourth-order valence-electron chi connectivity index (χ4n) is 3.94. The van der Waals surface area contributed by atoms with Crippen LogP contribution in [0.1, 0.15) is 84.6 Å². The molecule has 0 saturated carbocycles. The zero-order valence-corrected chi connectivity index (χ0v) is 21.7. The summed E-state index contributed by atoms with van der Waals surface area (Å²) >= 11 is 1.55. The number of quaternary nitrogens is 1. The van der Waals surface area contributed by atoms with Crippen LogP contribution in [0.25, 0.3) is 10.1 Å². The van der Waals surface area contributed by atoms with Crippen LogP contribution in [-0.2, 0) is 15.9 Å². The van der Waals surface area contributed by atoms with Gasteiger partial charge >= 0.3 is 0 Å². The average Bonchev–Trinajstić information content (AvgIpc) is 3.20. The lowest BCUT2D eigenvalue weighted by Gasteiger charge is -2.39. The SMILES string of the molecule is CCCC[N+](CCCC)(CCCC)CCCC.O=S(=O)(O)Cc1ccc2ccsc2c1. The molecular weight excluding hydrogens is 426 g/mol. The molecule has 0 saturated heterocycles. The van der Waals surface area contributed by atoms with E-state index in [2.05, 4.69) is 27.7 Å². The van der Waals surface area contributed by atoms with Crippen molar-refractivity contribution in [2.75, 3.05) is 26.2 Å². The normalized spacial score (nSPS) is 12.0. The van der Waals surface area contributed by atoms with Crippen molar-refractivity contribution in [2.24, 2.45) is 0 Å². The largest absolute Gasteiger partial charge is 0.324 e. The van der Waals surface area contributed by atoms with Crippen molar-refractivity contribution in [3.05, 3.63) is 35.2 Å². The first-order valence-electron chi connectivity index (χ1n) is 12.1. The second kappa shape index (κ2) is 15.0. The van der Waals surface area contributed by atoms with E-state index in [1.54, 1.807) is 23.5 Å². The molecule has 0 fully saturated rings. The first-order chi connectivity index (χ1) is 14.8. The number of unbranched alkanes of at least 4 members (excludes halogenated alkanes) is 4. The molecule has 0 aliphatic rings. The molecule has 0 aliphatic heterocycles. The van der Waals surface area contributed by atoms with Crippen molar-refractivity contribution >= 4 is 31.5 Å². The fraction of sp³-hybridized carbons (Fsp3) is 0.680. The van der Waals surface area contributed by atoms with Crippen LogP contribution in [0.2, 0.25) is 0 Å². The molecular formula is C25H44NO3S2+. The fourth-order valence-corrected chi connectivity index (χ4v) is 5.40. The standard InChI is InChI=1S/C16H36N.C9H8O3S2/c1-5-9-13-17(14-10-6-2,15-11-7-3)16-12-8-4;10-14(11,12)6-7-1-2-8-3-4-13-9(8)5-7/h5-16H2,1-4H3;1-5H,6H2,(H,10,11,12)/q+1;. The number of benzene rings is 1. The highest BCUT2D eigenvalue weighted by Crippen LogP contribution is 2.22. The van der Waals surface area contributed by atoms with E-state index < -0.39 is 10.1 Å². The van der Waals surface area contributed by atoms with E-state index in [0.717, 1.165) is 10.1 Å². The first-order valence-corrected chi connectivity index (χ1v) is 14.5. The summed E-state index contributed by atoms with van der Waals surface area (Å²) in [6.45, 7) is 15.0. The molecule has 0 atom stereocenters. The molecule has 6 heteroatoms. The number of fused-ring (bicyclic) bond motifs is 1. The lowest BCUT2D eigenvalue weighted by molar-refractivity contribution is -0.929. The van der Waals surface area contributed by atoms with Gasteiger partial charge in [-0.2, -0.15) is 8.42 Å². The third kappa shape index (κ3) is 11.5. The summed E-state index contributed by atoms with van der Waals surface area (Å²) in [4.78, 5) is 0. The minimum absolute atomic E-state index is 0.319. The minimum atomic E-state index is -3.92. The molecule has 2 aromatic rings. The first kappa shape index (κ1) is 28.1. The monoisotopic (exact) mass is 470 g/mol. The van der Waals surface area contributed by atoms with Gasteiger partial charge in [0.05, 0.1) is 26.2 Å². The van der Waals surface area contributed by atoms with Crippen LogP contribution in [-0.4, -0.2) is 43.6 Å². The number of thiophene rings is 1. The van der Waals surface area contributed by atoms with Gasteiger partial charge < -0.3 is 4.48 Å². The maximum Gasteiger partial charge on any atom is 0.269 e. The summed E-state index contributed by atoms with van der Waals surface area (Å²) in [5.74, 6) is -0.319. The van der Waals surface area contributed by atoms with Crippen LogP contribution >= 0.6 is 11.3 Å². The molecule has 0 unspecified atom stereocenters. The molecule has 0 aliphatic carbocycles. The molecule has 0 amide bonds. The topological polar surface area (TPSA) is 54.4 Å². The predicted molar refractivity (Wildman–Crippen MR) is 136 cm³/mol. The maximum absolute atomic E-state index is 10.6. The highest BCUT2D eigenvalue weighted by Gasteiger charge is 2.24. The van der Waals surface area contributed by atoms with Crippen molar-refractivity contribution in [1.82, 2.24) is 0 Å². The molecule has 31 heavy (non-hydrogen) atoms. The molecule has 0 bridgehead atoms. The van der Waals surface area contributed by atoms with Crippen molar-refractivity contribution in [2.45, 2.75) is 84.8 Å². The lowest BCUT2D eigenvalue weighted by atomic mass is 10.1. The summed E-state index contributed by atoms with van der Waals surface area (Å²) in [5.41, 5.74) is 0.613. The third-order valence-corrected chi connectivity index (χ3v) is 7.39. The highest BCUT2D eigenvalue weighted by atomic mass is 32.2. The van der Waals surface area contributed by atoms with Crippen molar-refractivity contribution in [3.63, 3.8) is 0 Å². The Balaban J connectivity index is 0.000000314. The Morgan fingerprint density at radius 2 is 1.29 bits per heavy atom. The minimum Gasteiger partial charge on any atom is -0.324 e. The summed E-state index contributed by atoms with van der Waals surface area (Å²) < 4.78 is 32.4. The zero-order chi connectivity index (χ0) is 23.2. The van der Waals surface area contributed by atoms with Crippen molar-refractivity contribution < 1.29 is 17.5 Å². The van der Waals surface area contributed by atoms with E-state index >= 15 is 0 Å². The summed E-state index contributed by atoms with van der Waals surface area (Å²) in [6, 6.07) is 7.32. The number of hydrogen-bond acceptors (Lipinski definition) is 3. The van der Waals surface area contributed by atoms with Gasteiger partial charge in [0.25, 0.3) is 10.1 Å². The van der Waals surface area contributed by atoms with Crippen molar-refractivity contribution in [3.8, 4) is 0 Å². The van der Waals surface area contributed by atoms with E-state index in [1.807, 2.05) is 17.5 Å². The quantitative estimate of drug-likeness (QED) is 0.233. The Labute approximate surface area is 195 Å². The highest BCUT2D eigenvalue weighted by molar-refractivity contribution is 7.85. The Kier molecular flexibility index (Phi) is 13.6. The van der Waals surface area contributed by atoms with E-state index in [1.165, 1.54) is 82.0 Å². The lowest BCUT2D eigenvalue weighted by Crippen LogP contribution is -2.50. The van der Waals surface area contributed by atoms with Crippen LogP contribution in [0.5, 0.6) is 0 Å². The Morgan fingerprint density at radius 3 is 1.71 bits per heavy atom. The molecule has 1 heterocycles. The van der Waals surface area contributed by atoms with E-state index in [4.69, 9.17) is 4.55 Å². The molecule has 4 nitrogen and oxygen atoms in total. The number of rotatable bonds is 14. The maximum atomic E-state index is 10.6. The van der Waals surface area contributed by atoms with Crippen LogP contribution < -0.4 is 0 Å². The van der Waals surface area contributed by atoms with Gasteiger partial charge in [0, 0.05) is 4.70 Å².